The van der Waals surface area contributed by atoms with Crippen molar-refractivity contribution in [1.82, 2.24) is 4.90 Å². The molecule has 1 heterocycles. The van der Waals surface area contributed by atoms with Crippen LogP contribution >= 0.6 is 12.4 Å². The highest BCUT2D eigenvalue weighted by atomic mass is 35.5. The van der Waals surface area contributed by atoms with Gasteiger partial charge in [-0.1, -0.05) is 17.7 Å². The maximum atomic E-state index is 11.7. The molecule has 0 aliphatic carbocycles. The highest BCUT2D eigenvalue weighted by molar-refractivity contribution is 5.85. The molecule has 1 aliphatic heterocycles. The molecule has 136 valence electrons. The van der Waals surface area contributed by atoms with Crippen molar-refractivity contribution in [1.29, 1.82) is 0 Å². The van der Waals surface area contributed by atoms with Crippen molar-refractivity contribution in [2.24, 2.45) is 5.92 Å². The fourth-order valence-corrected chi connectivity index (χ4v) is 2.91. The SMILES string of the molecule is CCOC(=O)C1CCN(CCCCOc2ccc(C)cc2)CC1.Cl. The Bertz CT molecular complexity index is 470. The van der Waals surface area contributed by atoms with E-state index in [-0.39, 0.29) is 24.3 Å². The molecule has 0 radical (unpaired) electrons. The molecule has 0 N–H and O–H groups in total. The van der Waals surface area contributed by atoms with E-state index in [1.165, 1.54) is 5.56 Å². The summed E-state index contributed by atoms with van der Waals surface area (Å²) in [6.07, 6.45) is 4.05. The van der Waals surface area contributed by atoms with E-state index in [4.69, 9.17) is 9.47 Å². The first kappa shape index (κ1) is 20.8. The van der Waals surface area contributed by atoms with Gasteiger partial charge < -0.3 is 14.4 Å². The van der Waals surface area contributed by atoms with Crippen LogP contribution in [0.4, 0.5) is 0 Å². The molecule has 0 aromatic heterocycles. The molecule has 1 saturated heterocycles. The van der Waals surface area contributed by atoms with Gasteiger partial charge in [-0.3, -0.25) is 4.79 Å². The van der Waals surface area contributed by atoms with Crippen molar-refractivity contribution >= 4 is 18.4 Å². The van der Waals surface area contributed by atoms with Crippen molar-refractivity contribution in [2.75, 3.05) is 32.8 Å². The number of carbonyl (C=O) groups is 1. The summed E-state index contributed by atoms with van der Waals surface area (Å²) in [5.74, 6) is 1.04. The van der Waals surface area contributed by atoms with Gasteiger partial charge in [0.1, 0.15) is 5.75 Å². The average Bonchev–Trinajstić information content (AvgIpc) is 2.57. The van der Waals surface area contributed by atoms with Gasteiger partial charge in [0.15, 0.2) is 0 Å². The van der Waals surface area contributed by atoms with Gasteiger partial charge in [-0.15, -0.1) is 12.4 Å². The molecular weight excluding hydrogens is 326 g/mol. The van der Waals surface area contributed by atoms with Crippen LogP contribution in [0.2, 0.25) is 0 Å². The Labute approximate surface area is 151 Å². The Kier molecular flexibility index (Phi) is 9.80. The number of piperidine rings is 1. The van der Waals surface area contributed by atoms with E-state index in [9.17, 15) is 4.79 Å². The standard InChI is InChI=1S/C19H29NO3.ClH/c1-3-22-19(21)17-10-13-20(14-11-17)12-4-5-15-23-18-8-6-16(2)7-9-18;/h6-9,17H,3-5,10-15H2,1-2H3;1H. The second-order valence-corrected chi connectivity index (χ2v) is 6.24. The minimum atomic E-state index is -0.0151. The van der Waals surface area contributed by atoms with Crippen LogP contribution in [0.25, 0.3) is 0 Å². The maximum Gasteiger partial charge on any atom is 0.309 e. The van der Waals surface area contributed by atoms with Crippen molar-refractivity contribution in [2.45, 2.75) is 39.5 Å². The lowest BCUT2D eigenvalue weighted by atomic mass is 9.97. The zero-order valence-electron chi connectivity index (χ0n) is 14.8. The number of likely N-dealkylation sites (tertiary alicyclic amines) is 1. The Morgan fingerprint density at radius 2 is 1.83 bits per heavy atom. The number of ether oxygens (including phenoxy) is 2. The lowest BCUT2D eigenvalue weighted by Crippen LogP contribution is -2.37. The minimum absolute atomic E-state index is 0. The van der Waals surface area contributed by atoms with E-state index < -0.39 is 0 Å². The minimum Gasteiger partial charge on any atom is -0.494 e. The van der Waals surface area contributed by atoms with E-state index in [2.05, 4.69) is 24.0 Å². The Hall–Kier alpha value is -1.26. The van der Waals surface area contributed by atoms with Gasteiger partial charge in [0, 0.05) is 0 Å². The van der Waals surface area contributed by atoms with Gasteiger partial charge in [-0.2, -0.15) is 0 Å². The first-order valence-electron chi connectivity index (χ1n) is 8.77. The summed E-state index contributed by atoms with van der Waals surface area (Å²) in [4.78, 5) is 14.1. The largest absolute Gasteiger partial charge is 0.494 e. The monoisotopic (exact) mass is 355 g/mol. The van der Waals surface area contributed by atoms with Crippen LogP contribution in [0.3, 0.4) is 0 Å². The second kappa shape index (κ2) is 11.3. The number of hydrogen-bond acceptors (Lipinski definition) is 4. The third-order valence-corrected chi connectivity index (χ3v) is 4.37. The molecule has 0 atom stereocenters. The molecule has 2 rings (SSSR count). The smallest absolute Gasteiger partial charge is 0.309 e. The number of unbranched alkanes of at least 4 members (excludes halogenated alkanes) is 1. The number of carbonyl (C=O) groups excluding carboxylic acids is 1. The normalized spacial score (nSPS) is 15.6. The van der Waals surface area contributed by atoms with E-state index in [1.807, 2.05) is 19.1 Å². The zero-order chi connectivity index (χ0) is 16.5. The number of halogens is 1. The van der Waals surface area contributed by atoms with Crippen molar-refractivity contribution in [3.63, 3.8) is 0 Å². The van der Waals surface area contributed by atoms with Crippen LogP contribution in [0.15, 0.2) is 24.3 Å². The number of rotatable bonds is 8. The predicted molar refractivity (Wildman–Crippen MR) is 99.0 cm³/mol. The lowest BCUT2D eigenvalue weighted by molar-refractivity contribution is -0.149. The molecule has 24 heavy (non-hydrogen) atoms. The topological polar surface area (TPSA) is 38.8 Å². The summed E-state index contributed by atoms with van der Waals surface area (Å²) < 4.78 is 10.9. The van der Waals surface area contributed by atoms with Crippen molar-refractivity contribution in [3.8, 4) is 5.75 Å². The predicted octanol–water partition coefficient (Wildman–Crippen LogP) is 3.85. The van der Waals surface area contributed by atoms with Crippen LogP contribution in [-0.2, 0) is 9.53 Å². The Balaban J connectivity index is 0.00000288. The molecule has 1 aliphatic rings. The first-order valence-corrected chi connectivity index (χ1v) is 8.77. The van der Waals surface area contributed by atoms with Gasteiger partial charge in [0.2, 0.25) is 0 Å². The van der Waals surface area contributed by atoms with E-state index >= 15 is 0 Å². The molecule has 1 fully saturated rings. The average molecular weight is 356 g/mol. The van der Waals surface area contributed by atoms with Gasteiger partial charge >= 0.3 is 5.97 Å². The Morgan fingerprint density at radius 1 is 1.17 bits per heavy atom. The molecule has 5 heteroatoms. The van der Waals surface area contributed by atoms with Gasteiger partial charge in [0.05, 0.1) is 19.1 Å². The molecule has 0 saturated carbocycles. The van der Waals surface area contributed by atoms with E-state index in [0.717, 1.165) is 57.7 Å². The molecule has 4 nitrogen and oxygen atoms in total. The first-order chi connectivity index (χ1) is 11.2. The van der Waals surface area contributed by atoms with E-state index in [0.29, 0.717) is 6.61 Å². The van der Waals surface area contributed by atoms with Gasteiger partial charge in [0.25, 0.3) is 0 Å². The molecule has 0 unspecified atom stereocenters. The fraction of sp³-hybridized carbons (Fsp3) is 0.632. The quantitative estimate of drug-likeness (QED) is 0.524. The van der Waals surface area contributed by atoms with Crippen LogP contribution in [0, 0.1) is 12.8 Å². The third-order valence-electron chi connectivity index (χ3n) is 4.37. The third kappa shape index (κ3) is 7.10. The van der Waals surface area contributed by atoms with E-state index in [1.54, 1.807) is 0 Å². The highest BCUT2D eigenvalue weighted by Gasteiger charge is 2.25. The maximum absolute atomic E-state index is 11.7. The molecule has 1 aromatic rings. The second-order valence-electron chi connectivity index (χ2n) is 6.24. The zero-order valence-corrected chi connectivity index (χ0v) is 15.6. The fourth-order valence-electron chi connectivity index (χ4n) is 2.91. The number of aryl methyl sites for hydroxylation is 1. The summed E-state index contributed by atoms with van der Waals surface area (Å²) >= 11 is 0. The van der Waals surface area contributed by atoms with Gasteiger partial charge in [-0.05, 0) is 71.3 Å². The highest BCUT2D eigenvalue weighted by Crippen LogP contribution is 2.19. The summed E-state index contributed by atoms with van der Waals surface area (Å²) in [6.45, 7) is 8.29. The molecule has 0 amide bonds. The number of hydrogen-bond donors (Lipinski definition) is 0. The lowest BCUT2D eigenvalue weighted by Gasteiger charge is -2.30. The Morgan fingerprint density at radius 3 is 2.46 bits per heavy atom. The summed E-state index contributed by atoms with van der Waals surface area (Å²) in [6, 6.07) is 8.19. The van der Waals surface area contributed by atoms with Crippen molar-refractivity contribution < 1.29 is 14.3 Å². The molecular formula is C19H30ClNO3. The summed E-state index contributed by atoms with van der Waals surface area (Å²) in [5.41, 5.74) is 1.25. The number of nitrogens with zero attached hydrogens (tertiary/aromatic N) is 1. The number of esters is 1. The van der Waals surface area contributed by atoms with Crippen LogP contribution in [-0.4, -0.2) is 43.7 Å². The van der Waals surface area contributed by atoms with Crippen LogP contribution < -0.4 is 4.74 Å². The molecule has 0 spiro atoms. The summed E-state index contributed by atoms with van der Waals surface area (Å²) in [7, 11) is 0. The molecule has 0 bridgehead atoms. The summed E-state index contributed by atoms with van der Waals surface area (Å²) in [5, 5.41) is 0. The number of benzene rings is 1. The van der Waals surface area contributed by atoms with Crippen LogP contribution in [0.1, 0.15) is 38.2 Å². The van der Waals surface area contributed by atoms with Crippen molar-refractivity contribution in [3.05, 3.63) is 29.8 Å². The molecule has 1 aromatic carbocycles. The van der Waals surface area contributed by atoms with Crippen LogP contribution in [0.5, 0.6) is 5.75 Å². The van der Waals surface area contributed by atoms with Gasteiger partial charge in [-0.25, -0.2) is 0 Å².